The van der Waals surface area contributed by atoms with Gasteiger partial charge in [0.25, 0.3) is 0 Å². The van der Waals surface area contributed by atoms with Crippen LogP contribution >= 0.6 is 11.6 Å². The molecule has 0 unspecified atom stereocenters. The quantitative estimate of drug-likeness (QED) is 0.768. The summed E-state index contributed by atoms with van der Waals surface area (Å²) in [5.74, 6) is -0.394. The first-order chi connectivity index (χ1) is 12.4. The third kappa shape index (κ3) is 4.00. The van der Waals surface area contributed by atoms with E-state index in [0.717, 1.165) is 5.69 Å². The maximum absolute atomic E-state index is 12.4. The van der Waals surface area contributed by atoms with Gasteiger partial charge in [0.05, 0.1) is 10.6 Å². The van der Waals surface area contributed by atoms with Gasteiger partial charge in [0.2, 0.25) is 5.91 Å². The van der Waals surface area contributed by atoms with Crippen LogP contribution in [0.3, 0.4) is 0 Å². The Balaban J connectivity index is 1.58. The molecule has 0 saturated carbocycles. The van der Waals surface area contributed by atoms with E-state index in [9.17, 15) is 14.7 Å². The molecule has 8 heteroatoms. The van der Waals surface area contributed by atoms with Gasteiger partial charge in [-0.15, -0.1) is 0 Å². The highest BCUT2D eigenvalue weighted by Crippen LogP contribution is 2.23. The number of carbonyl (C=O) groups is 2. The summed E-state index contributed by atoms with van der Waals surface area (Å²) in [6.45, 7) is 2.43. The van der Waals surface area contributed by atoms with Gasteiger partial charge in [-0.05, 0) is 30.3 Å². The Morgan fingerprint density at radius 2 is 1.81 bits per heavy atom. The molecule has 136 valence electrons. The van der Waals surface area contributed by atoms with Gasteiger partial charge in [-0.1, -0.05) is 17.7 Å². The van der Waals surface area contributed by atoms with E-state index in [1.165, 1.54) is 12.1 Å². The number of primary amides is 1. The first-order valence-corrected chi connectivity index (χ1v) is 8.51. The number of nitrogens with two attached hydrogens (primary N) is 1. The first-order valence-electron chi connectivity index (χ1n) is 8.13. The van der Waals surface area contributed by atoms with Crippen molar-refractivity contribution < 1.29 is 14.7 Å². The second kappa shape index (κ2) is 7.53. The van der Waals surface area contributed by atoms with Crippen LogP contribution in [0.2, 0.25) is 5.02 Å². The maximum atomic E-state index is 12.4. The van der Waals surface area contributed by atoms with Crippen molar-refractivity contribution in [2.45, 2.75) is 0 Å². The lowest BCUT2D eigenvalue weighted by Crippen LogP contribution is -2.50. The molecule has 0 bridgehead atoms. The summed E-state index contributed by atoms with van der Waals surface area (Å²) in [6.07, 6.45) is 0. The summed E-state index contributed by atoms with van der Waals surface area (Å²) in [6, 6.07) is 11.4. The van der Waals surface area contributed by atoms with Gasteiger partial charge in [-0.3, -0.25) is 4.79 Å². The zero-order valence-electron chi connectivity index (χ0n) is 14.0. The molecule has 1 heterocycles. The Hall–Kier alpha value is -2.93. The molecule has 2 aromatic rings. The van der Waals surface area contributed by atoms with E-state index in [1.807, 2.05) is 6.07 Å². The van der Waals surface area contributed by atoms with Gasteiger partial charge in [0, 0.05) is 43.6 Å². The third-order valence-corrected chi connectivity index (χ3v) is 4.56. The van der Waals surface area contributed by atoms with Crippen LogP contribution in [-0.4, -0.2) is 48.1 Å². The van der Waals surface area contributed by atoms with E-state index in [-0.39, 0.29) is 22.4 Å². The van der Waals surface area contributed by atoms with Crippen molar-refractivity contribution >= 4 is 34.9 Å². The minimum Gasteiger partial charge on any atom is -0.508 e. The number of aromatic hydroxyl groups is 1. The van der Waals surface area contributed by atoms with Crippen LogP contribution in [0.4, 0.5) is 16.2 Å². The first kappa shape index (κ1) is 17.9. The Labute approximate surface area is 156 Å². The molecule has 0 spiro atoms. The summed E-state index contributed by atoms with van der Waals surface area (Å²) < 4.78 is 0. The van der Waals surface area contributed by atoms with Gasteiger partial charge in [0.1, 0.15) is 5.75 Å². The van der Waals surface area contributed by atoms with Gasteiger partial charge >= 0.3 is 6.03 Å². The monoisotopic (exact) mass is 374 g/mol. The van der Waals surface area contributed by atoms with Gasteiger partial charge < -0.3 is 26.0 Å². The molecule has 2 aromatic carbocycles. The molecule has 0 atom stereocenters. The molecule has 7 nitrogen and oxygen atoms in total. The number of nitrogens with one attached hydrogen (secondary N) is 1. The van der Waals surface area contributed by atoms with Gasteiger partial charge in [-0.2, -0.15) is 0 Å². The smallest absolute Gasteiger partial charge is 0.321 e. The minimum atomic E-state index is -0.615. The van der Waals surface area contributed by atoms with E-state index in [2.05, 4.69) is 10.2 Å². The normalized spacial score (nSPS) is 14.2. The molecule has 0 aliphatic carbocycles. The highest BCUT2D eigenvalue weighted by molar-refractivity contribution is 6.34. The largest absolute Gasteiger partial charge is 0.508 e. The number of nitrogens with zero attached hydrogens (tertiary/aromatic N) is 2. The predicted molar refractivity (Wildman–Crippen MR) is 101 cm³/mol. The van der Waals surface area contributed by atoms with Crippen molar-refractivity contribution in [3.63, 3.8) is 0 Å². The molecule has 3 amide bonds. The molecule has 26 heavy (non-hydrogen) atoms. The van der Waals surface area contributed by atoms with Crippen LogP contribution in [0.25, 0.3) is 0 Å². The van der Waals surface area contributed by atoms with Crippen LogP contribution in [0.1, 0.15) is 10.4 Å². The molecule has 1 fully saturated rings. The fraction of sp³-hybridized carbons (Fsp3) is 0.222. The topological polar surface area (TPSA) is 98.9 Å². The molecular formula is C18H19ClN4O3. The Morgan fingerprint density at radius 1 is 1.08 bits per heavy atom. The lowest BCUT2D eigenvalue weighted by atomic mass is 10.2. The Bertz CT molecular complexity index is 835. The van der Waals surface area contributed by atoms with Crippen molar-refractivity contribution in [3.8, 4) is 5.75 Å². The number of hydrogen-bond donors (Lipinski definition) is 3. The zero-order chi connectivity index (χ0) is 18.7. The van der Waals surface area contributed by atoms with Gasteiger partial charge in [0.15, 0.2) is 0 Å². The number of piperazine rings is 1. The Kier molecular flexibility index (Phi) is 5.18. The number of amides is 3. The average Bonchev–Trinajstić information content (AvgIpc) is 2.61. The van der Waals surface area contributed by atoms with Crippen molar-refractivity contribution in [2.24, 2.45) is 5.73 Å². The lowest BCUT2D eigenvalue weighted by Gasteiger charge is -2.36. The van der Waals surface area contributed by atoms with E-state index < -0.39 is 5.91 Å². The maximum Gasteiger partial charge on any atom is 0.321 e. The number of rotatable bonds is 3. The molecule has 0 radical (unpaired) electrons. The van der Waals surface area contributed by atoms with Crippen molar-refractivity contribution in [1.82, 2.24) is 4.90 Å². The van der Waals surface area contributed by atoms with Crippen LogP contribution in [0.5, 0.6) is 5.75 Å². The Morgan fingerprint density at radius 3 is 2.42 bits per heavy atom. The van der Waals surface area contributed by atoms with E-state index in [4.69, 9.17) is 17.3 Å². The summed E-state index contributed by atoms with van der Waals surface area (Å²) in [7, 11) is 0. The fourth-order valence-electron chi connectivity index (χ4n) is 2.85. The standard InChI is InChI=1S/C18H19ClN4O3/c19-16-10-12(4-5-15(16)17(20)25)21-18(26)23-8-6-22(7-9-23)13-2-1-3-14(24)11-13/h1-5,10-11,24H,6-9H2,(H2,20,25)(H,21,26). The number of hydrogen-bond acceptors (Lipinski definition) is 4. The van der Waals surface area contributed by atoms with Crippen molar-refractivity contribution in [2.75, 3.05) is 36.4 Å². The average molecular weight is 375 g/mol. The van der Waals surface area contributed by atoms with E-state index in [1.54, 1.807) is 29.2 Å². The second-order valence-electron chi connectivity index (χ2n) is 5.98. The van der Waals surface area contributed by atoms with Crippen LogP contribution in [0, 0.1) is 0 Å². The van der Waals surface area contributed by atoms with Crippen LogP contribution < -0.4 is 16.0 Å². The summed E-state index contributed by atoms with van der Waals surface area (Å²) >= 11 is 6.00. The molecule has 1 aliphatic rings. The third-order valence-electron chi connectivity index (χ3n) is 4.25. The minimum absolute atomic E-state index is 0.198. The molecule has 0 aromatic heterocycles. The number of anilines is 2. The number of carbonyl (C=O) groups excluding carboxylic acids is 2. The fourth-order valence-corrected chi connectivity index (χ4v) is 3.13. The highest BCUT2D eigenvalue weighted by atomic mass is 35.5. The van der Waals surface area contributed by atoms with Crippen molar-refractivity contribution in [3.05, 3.63) is 53.1 Å². The van der Waals surface area contributed by atoms with E-state index in [0.29, 0.717) is 31.9 Å². The molecule has 1 saturated heterocycles. The number of halogens is 1. The summed E-state index contributed by atoms with van der Waals surface area (Å²) in [5, 5.41) is 12.6. The molecule has 1 aliphatic heterocycles. The number of phenolic OH excluding ortho intramolecular Hbond substituents is 1. The summed E-state index contributed by atoms with van der Waals surface area (Å²) in [5.41, 5.74) is 6.86. The molecular weight excluding hydrogens is 356 g/mol. The molecule has 3 rings (SSSR count). The number of urea groups is 1. The highest BCUT2D eigenvalue weighted by Gasteiger charge is 2.21. The van der Waals surface area contributed by atoms with Crippen molar-refractivity contribution in [1.29, 1.82) is 0 Å². The van der Waals surface area contributed by atoms with Crippen LogP contribution in [-0.2, 0) is 0 Å². The molecule has 4 N–H and O–H groups in total. The van der Waals surface area contributed by atoms with E-state index >= 15 is 0 Å². The summed E-state index contributed by atoms with van der Waals surface area (Å²) in [4.78, 5) is 27.4. The zero-order valence-corrected chi connectivity index (χ0v) is 14.7. The number of benzene rings is 2. The SMILES string of the molecule is NC(=O)c1ccc(NC(=O)N2CCN(c3cccc(O)c3)CC2)cc1Cl. The predicted octanol–water partition coefficient (Wildman–Crippen LogP) is 2.50. The lowest BCUT2D eigenvalue weighted by molar-refractivity contribution is 0.100. The number of phenols is 1. The van der Waals surface area contributed by atoms with Crippen LogP contribution in [0.15, 0.2) is 42.5 Å². The van der Waals surface area contributed by atoms with Gasteiger partial charge in [-0.25, -0.2) is 4.79 Å². The second-order valence-corrected chi connectivity index (χ2v) is 6.39.